The standard InChI is InChI=1S/C16H20BrNO5/c1-4-23-14-12(17)5-10(6-13(14)22-3)15(19)18-7-9(2)11(8-18)16(20)21/h5-6,9,11H,4,7-8H2,1-3H3,(H,20,21)/t9-,11-/m1/s1. The Hall–Kier alpha value is -1.76. The summed E-state index contributed by atoms with van der Waals surface area (Å²) in [4.78, 5) is 25.4. The van der Waals surface area contributed by atoms with E-state index < -0.39 is 11.9 Å². The Balaban J connectivity index is 2.27. The number of nitrogens with zero attached hydrogens (tertiary/aromatic N) is 1. The molecule has 1 aromatic carbocycles. The molecular formula is C16H20BrNO5. The Labute approximate surface area is 143 Å². The Morgan fingerprint density at radius 1 is 1.39 bits per heavy atom. The molecule has 6 nitrogen and oxygen atoms in total. The van der Waals surface area contributed by atoms with Crippen LogP contribution in [0.25, 0.3) is 0 Å². The SMILES string of the molecule is CCOc1c(Br)cc(C(=O)N2C[C@@H](C)[C@H](C(=O)O)C2)cc1OC. The van der Waals surface area contributed by atoms with Crippen LogP contribution in [-0.4, -0.2) is 48.7 Å². The van der Waals surface area contributed by atoms with Gasteiger partial charge in [0.15, 0.2) is 11.5 Å². The van der Waals surface area contributed by atoms with Crippen LogP contribution in [0.15, 0.2) is 16.6 Å². The zero-order valence-corrected chi connectivity index (χ0v) is 14.9. The number of likely N-dealkylation sites (tertiary alicyclic amines) is 1. The topological polar surface area (TPSA) is 76.1 Å². The van der Waals surface area contributed by atoms with Crippen molar-refractivity contribution in [1.29, 1.82) is 0 Å². The zero-order valence-electron chi connectivity index (χ0n) is 13.3. The Morgan fingerprint density at radius 2 is 2.09 bits per heavy atom. The fourth-order valence-corrected chi connectivity index (χ4v) is 3.32. The molecule has 1 aliphatic rings. The van der Waals surface area contributed by atoms with E-state index in [0.29, 0.717) is 34.7 Å². The van der Waals surface area contributed by atoms with Crippen molar-refractivity contribution in [1.82, 2.24) is 4.90 Å². The van der Waals surface area contributed by atoms with Gasteiger partial charge in [0, 0.05) is 18.7 Å². The van der Waals surface area contributed by atoms with Gasteiger partial charge < -0.3 is 19.5 Å². The third kappa shape index (κ3) is 3.60. The number of hydrogen-bond acceptors (Lipinski definition) is 4. The Bertz CT molecular complexity index is 619. The molecule has 2 rings (SSSR count). The lowest BCUT2D eigenvalue weighted by Crippen LogP contribution is -2.30. The number of rotatable bonds is 5. The highest BCUT2D eigenvalue weighted by Gasteiger charge is 2.37. The number of ether oxygens (including phenoxy) is 2. The van der Waals surface area contributed by atoms with Crippen LogP contribution in [-0.2, 0) is 4.79 Å². The number of hydrogen-bond donors (Lipinski definition) is 1. The number of carbonyl (C=O) groups excluding carboxylic acids is 1. The van der Waals surface area contributed by atoms with E-state index in [-0.39, 0.29) is 18.4 Å². The maximum atomic E-state index is 12.7. The monoisotopic (exact) mass is 385 g/mol. The van der Waals surface area contributed by atoms with Gasteiger partial charge in [-0.25, -0.2) is 0 Å². The predicted molar refractivity (Wildman–Crippen MR) is 88.1 cm³/mol. The lowest BCUT2D eigenvalue weighted by molar-refractivity contribution is -0.142. The van der Waals surface area contributed by atoms with E-state index in [1.165, 1.54) is 7.11 Å². The maximum Gasteiger partial charge on any atom is 0.308 e. The van der Waals surface area contributed by atoms with Crippen LogP contribution >= 0.6 is 15.9 Å². The number of methoxy groups -OCH3 is 1. The van der Waals surface area contributed by atoms with Crippen molar-refractivity contribution in [2.75, 3.05) is 26.8 Å². The smallest absolute Gasteiger partial charge is 0.308 e. The highest BCUT2D eigenvalue weighted by atomic mass is 79.9. The number of halogens is 1. The average molecular weight is 386 g/mol. The average Bonchev–Trinajstić information content (AvgIpc) is 2.90. The van der Waals surface area contributed by atoms with Gasteiger partial charge in [-0.15, -0.1) is 0 Å². The van der Waals surface area contributed by atoms with Gasteiger partial charge >= 0.3 is 5.97 Å². The number of benzene rings is 1. The van der Waals surface area contributed by atoms with Crippen molar-refractivity contribution < 1.29 is 24.2 Å². The largest absolute Gasteiger partial charge is 0.493 e. The summed E-state index contributed by atoms with van der Waals surface area (Å²) in [7, 11) is 1.51. The highest BCUT2D eigenvalue weighted by molar-refractivity contribution is 9.10. The normalized spacial score (nSPS) is 20.4. The summed E-state index contributed by atoms with van der Waals surface area (Å²) in [5.41, 5.74) is 0.440. The first-order chi connectivity index (χ1) is 10.9. The third-order valence-corrected chi connectivity index (χ3v) is 4.57. The predicted octanol–water partition coefficient (Wildman–Crippen LogP) is 2.65. The fourth-order valence-electron chi connectivity index (χ4n) is 2.76. The molecular weight excluding hydrogens is 366 g/mol. The van der Waals surface area contributed by atoms with Crippen molar-refractivity contribution in [2.45, 2.75) is 13.8 Å². The molecule has 1 saturated heterocycles. The second kappa shape index (κ2) is 7.21. The summed E-state index contributed by atoms with van der Waals surface area (Å²) >= 11 is 3.39. The molecule has 7 heteroatoms. The van der Waals surface area contributed by atoms with Gasteiger partial charge in [0.2, 0.25) is 0 Å². The third-order valence-electron chi connectivity index (χ3n) is 3.98. The molecule has 1 N–H and O–H groups in total. The van der Waals surface area contributed by atoms with Crippen LogP contribution in [0.2, 0.25) is 0 Å². The molecule has 0 unspecified atom stereocenters. The molecule has 126 valence electrons. The van der Waals surface area contributed by atoms with E-state index in [1.807, 2.05) is 13.8 Å². The van der Waals surface area contributed by atoms with Crippen molar-refractivity contribution in [3.63, 3.8) is 0 Å². The van der Waals surface area contributed by atoms with Gasteiger partial charge in [-0.2, -0.15) is 0 Å². The van der Waals surface area contributed by atoms with Crippen LogP contribution in [0.3, 0.4) is 0 Å². The van der Waals surface area contributed by atoms with Gasteiger partial charge in [0.1, 0.15) is 0 Å². The minimum atomic E-state index is -0.863. The Kier molecular flexibility index (Phi) is 5.51. The minimum Gasteiger partial charge on any atom is -0.493 e. The molecule has 0 aliphatic carbocycles. The van der Waals surface area contributed by atoms with Gasteiger partial charge in [-0.1, -0.05) is 6.92 Å². The molecule has 23 heavy (non-hydrogen) atoms. The molecule has 1 aromatic rings. The first kappa shape index (κ1) is 17.6. The van der Waals surface area contributed by atoms with E-state index in [1.54, 1.807) is 17.0 Å². The number of aliphatic carboxylic acids is 1. The van der Waals surface area contributed by atoms with Gasteiger partial charge in [-0.3, -0.25) is 9.59 Å². The zero-order chi connectivity index (χ0) is 17.1. The summed E-state index contributed by atoms with van der Waals surface area (Å²) in [5.74, 6) is -0.645. The molecule has 2 atom stereocenters. The second-order valence-corrected chi connectivity index (χ2v) is 6.41. The summed E-state index contributed by atoms with van der Waals surface area (Å²) in [6.45, 7) is 4.85. The van der Waals surface area contributed by atoms with Crippen LogP contribution in [0.4, 0.5) is 0 Å². The fraction of sp³-hybridized carbons (Fsp3) is 0.500. The molecule has 1 heterocycles. The summed E-state index contributed by atoms with van der Waals surface area (Å²) in [6, 6.07) is 3.30. The number of carbonyl (C=O) groups is 2. The molecule has 0 saturated carbocycles. The van der Waals surface area contributed by atoms with Crippen LogP contribution in [0.1, 0.15) is 24.2 Å². The van der Waals surface area contributed by atoms with Crippen LogP contribution < -0.4 is 9.47 Å². The second-order valence-electron chi connectivity index (χ2n) is 5.55. The number of carboxylic acids is 1. The molecule has 1 amide bonds. The minimum absolute atomic E-state index is 0.0653. The maximum absolute atomic E-state index is 12.7. The van der Waals surface area contributed by atoms with Gasteiger partial charge in [0.25, 0.3) is 5.91 Å². The number of amides is 1. The molecule has 0 radical (unpaired) electrons. The van der Waals surface area contributed by atoms with E-state index in [4.69, 9.17) is 9.47 Å². The van der Waals surface area contributed by atoms with Crippen LogP contribution in [0, 0.1) is 11.8 Å². The summed E-state index contributed by atoms with van der Waals surface area (Å²) < 4.78 is 11.4. The van der Waals surface area contributed by atoms with Crippen molar-refractivity contribution in [2.24, 2.45) is 11.8 Å². The van der Waals surface area contributed by atoms with Crippen molar-refractivity contribution in [3.05, 3.63) is 22.2 Å². The molecule has 0 aromatic heterocycles. The summed E-state index contributed by atoms with van der Waals surface area (Å²) in [6.07, 6.45) is 0. The molecule has 1 fully saturated rings. The van der Waals surface area contributed by atoms with E-state index in [0.717, 1.165) is 0 Å². The van der Waals surface area contributed by atoms with E-state index in [2.05, 4.69) is 15.9 Å². The van der Waals surface area contributed by atoms with Crippen molar-refractivity contribution in [3.8, 4) is 11.5 Å². The molecule has 0 bridgehead atoms. The van der Waals surface area contributed by atoms with Crippen molar-refractivity contribution >= 4 is 27.8 Å². The van der Waals surface area contributed by atoms with Gasteiger partial charge in [-0.05, 0) is 40.9 Å². The quantitative estimate of drug-likeness (QED) is 0.842. The first-order valence-corrected chi connectivity index (χ1v) is 8.20. The van der Waals surface area contributed by atoms with E-state index in [9.17, 15) is 14.7 Å². The Morgan fingerprint density at radius 3 is 2.61 bits per heavy atom. The van der Waals surface area contributed by atoms with Gasteiger partial charge in [0.05, 0.1) is 24.1 Å². The van der Waals surface area contributed by atoms with E-state index >= 15 is 0 Å². The lowest BCUT2D eigenvalue weighted by Gasteiger charge is -2.18. The molecule has 1 aliphatic heterocycles. The lowest BCUT2D eigenvalue weighted by atomic mass is 9.99. The van der Waals surface area contributed by atoms with Crippen LogP contribution in [0.5, 0.6) is 11.5 Å². The highest BCUT2D eigenvalue weighted by Crippen LogP contribution is 2.37. The molecule has 0 spiro atoms. The summed E-state index contributed by atoms with van der Waals surface area (Å²) in [5, 5.41) is 9.19. The first-order valence-electron chi connectivity index (χ1n) is 7.41. The number of carboxylic acid groups (broad SMARTS) is 1.